The highest BCUT2D eigenvalue weighted by Gasteiger charge is 2.37. The van der Waals surface area contributed by atoms with Crippen molar-refractivity contribution in [1.82, 2.24) is 5.32 Å². The largest absolute Gasteiger partial charge is 0.495 e. The number of nitrogen functional groups attached to an aromatic ring is 1. The first-order chi connectivity index (χ1) is 9.91. The third kappa shape index (κ3) is 4.06. The molecule has 0 radical (unpaired) electrons. The molecule has 1 aliphatic rings. The van der Waals surface area contributed by atoms with Crippen LogP contribution in [0, 0.1) is 5.92 Å². The first-order valence-corrected chi connectivity index (χ1v) is 6.99. The maximum absolute atomic E-state index is 13.1. The zero-order valence-corrected chi connectivity index (χ0v) is 12.0. The average molecular weight is 298 g/mol. The Labute approximate surface area is 122 Å². The van der Waals surface area contributed by atoms with E-state index < -0.39 is 5.92 Å². The van der Waals surface area contributed by atoms with Crippen molar-refractivity contribution in [2.45, 2.75) is 38.2 Å². The zero-order chi connectivity index (χ0) is 15.5. The summed E-state index contributed by atoms with van der Waals surface area (Å²) in [5.74, 6) is -2.51. The molecule has 2 rings (SSSR count). The molecule has 0 atom stereocenters. The fourth-order valence-corrected chi connectivity index (χ4v) is 2.53. The zero-order valence-electron chi connectivity index (χ0n) is 12.0. The molecule has 116 valence electrons. The van der Waals surface area contributed by atoms with Crippen LogP contribution in [-0.2, 0) is 11.3 Å². The number of alkyl halides is 2. The quantitative estimate of drug-likeness (QED) is 0.840. The molecular formula is C15H20F2N2O2. The fourth-order valence-electron chi connectivity index (χ4n) is 2.53. The number of carbonyl (C=O) groups excluding carboxylic acids is 1. The molecule has 4 nitrogen and oxygen atoms in total. The van der Waals surface area contributed by atoms with Crippen LogP contribution in [0.2, 0.25) is 0 Å². The van der Waals surface area contributed by atoms with Crippen LogP contribution in [0.1, 0.15) is 31.2 Å². The van der Waals surface area contributed by atoms with E-state index in [0.717, 1.165) is 5.56 Å². The molecule has 0 aliphatic heterocycles. The maximum atomic E-state index is 13.1. The SMILES string of the molecule is COc1ccc(CNC(=O)C2CCC(F)(F)CC2)cc1N. The molecule has 1 fully saturated rings. The minimum absolute atomic E-state index is 0.167. The second-order valence-corrected chi connectivity index (χ2v) is 5.42. The first kappa shape index (κ1) is 15.5. The monoisotopic (exact) mass is 298 g/mol. The molecule has 1 aliphatic carbocycles. The number of nitrogens with two attached hydrogens (primary N) is 1. The standard InChI is InChI=1S/C15H20F2N2O2/c1-21-13-3-2-10(8-12(13)18)9-19-14(20)11-4-6-15(16,17)7-5-11/h2-3,8,11H,4-7,9,18H2,1H3,(H,19,20). The Hall–Kier alpha value is -1.85. The Kier molecular flexibility index (Phi) is 4.65. The highest BCUT2D eigenvalue weighted by atomic mass is 19.3. The molecule has 3 N–H and O–H groups in total. The lowest BCUT2D eigenvalue weighted by Crippen LogP contribution is -2.35. The van der Waals surface area contributed by atoms with Gasteiger partial charge in [0.25, 0.3) is 0 Å². The topological polar surface area (TPSA) is 64.3 Å². The van der Waals surface area contributed by atoms with Crippen molar-refractivity contribution >= 4 is 11.6 Å². The van der Waals surface area contributed by atoms with Crippen molar-refractivity contribution in [1.29, 1.82) is 0 Å². The fraction of sp³-hybridized carbons (Fsp3) is 0.533. The van der Waals surface area contributed by atoms with Crippen LogP contribution in [0.4, 0.5) is 14.5 Å². The smallest absolute Gasteiger partial charge is 0.248 e. The highest BCUT2D eigenvalue weighted by molar-refractivity contribution is 5.78. The lowest BCUT2D eigenvalue weighted by Gasteiger charge is -2.27. The summed E-state index contributed by atoms with van der Waals surface area (Å²) < 4.78 is 31.2. The molecule has 1 aromatic rings. The second kappa shape index (κ2) is 6.28. The lowest BCUT2D eigenvalue weighted by atomic mass is 9.86. The van der Waals surface area contributed by atoms with Gasteiger partial charge in [-0.3, -0.25) is 4.79 Å². The van der Waals surface area contributed by atoms with E-state index in [0.29, 0.717) is 18.0 Å². The van der Waals surface area contributed by atoms with Gasteiger partial charge in [0.05, 0.1) is 12.8 Å². The number of methoxy groups -OCH3 is 1. The summed E-state index contributed by atoms with van der Waals surface area (Å²) in [6.07, 6.45) is 0.0638. The van der Waals surface area contributed by atoms with Gasteiger partial charge in [-0.25, -0.2) is 8.78 Å². The van der Waals surface area contributed by atoms with Gasteiger partial charge in [-0.1, -0.05) is 6.07 Å². The van der Waals surface area contributed by atoms with Gasteiger partial charge in [0, 0.05) is 25.3 Å². The number of rotatable bonds is 4. The van der Waals surface area contributed by atoms with E-state index in [1.807, 2.05) is 6.07 Å². The van der Waals surface area contributed by atoms with E-state index in [1.165, 1.54) is 7.11 Å². The summed E-state index contributed by atoms with van der Waals surface area (Å²) in [6, 6.07) is 5.27. The van der Waals surface area contributed by atoms with Crippen LogP contribution in [0.3, 0.4) is 0 Å². The van der Waals surface area contributed by atoms with Gasteiger partial charge in [-0.15, -0.1) is 0 Å². The van der Waals surface area contributed by atoms with E-state index >= 15 is 0 Å². The van der Waals surface area contributed by atoms with Crippen molar-refractivity contribution in [3.63, 3.8) is 0 Å². The van der Waals surface area contributed by atoms with Gasteiger partial charge in [0.15, 0.2) is 0 Å². The number of hydrogen-bond acceptors (Lipinski definition) is 3. The van der Waals surface area contributed by atoms with Gasteiger partial charge < -0.3 is 15.8 Å². The van der Waals surface area contributed by atoms with Crippen LogP contribution in [0.25, 0.3) is 0 Å². The number of anilines is 1. The number of carbonyl (C=O) groups is 1. The molecule has 0 saturated heterocycles. The van der Waals surface area contributed by atoms with Gasteiger partial charge in [-0.2, -0.15) is 0 Å². The van der Waals surface area contributed by atoms with Gasteiger partial charge >= 0.3 is 0 Å². The predicted molar refractivity (Wildman–Crippen MR) is 76.2 cm³/mol. The van der Waals surface area contributed by atoms with E-state index in [2.05, 4.69) is 5.32 Å². The first-order valence-electron chi connectivity index (χ1n) is 6.99. The van der Waals surface area contributed by atoms with E-state index in [9.17, 15) is 13.6 Å². The van der Waals surface area contributed by atoms with Gasteiger partial charge in [-0.05, 0) is 30.5 Å². The predicted octanol–water partition coefficient (Wildman–Crippen LogP) is 2.72. The molecule has 0 heterocycles. The summed E-state index contributed by atoms with van der Waals surface area (Å²) in [5, 5.41) is 2.78. The van der Waals surface area contributed by atoms with Crippen LogP contribution < -0.4 is 15.8 Å². The number of benzene rings is 1. The minimum atomic E-state index is -2.61. The maximum Gasteiger partial charge on any atom is 0.248 e. The normalized spacial score (nSPS) is 18.2. The molecule has 1 aromatic carbocycles. The molecule has 0 spiro atoms. The average Bonchev–Trinajstić information content (AvgIpc) is 2.45. The Bertz CT molecular complexity index is 510. The Morgan fingerprint density at radius 3 is 2.67 bits per heavy atom. The number of nitrogens with one attached hydrogen (secondary N) is 1. The van der Waals surface area contributed by atoms with Crippen molar-refractivity contribution < 1.29 is 18.3 Å². The van der Waals surface area contributed by atoms with Crippen LogP contribution in [-0.4, -0.2) is 18.9 Å². The Morgan fingerprint density at radius 1 is 1.43 bits per heavy atom. The van der Waals surface area contributed by atoms with Gasteiger partial charge in [0.1, 0.15) is 5.75 Å². The van der Waals surface area contributed by atoms with Crippen molar-refractivity contribution in [3.05, 3.63) is 23.8 Å². The highest BCUT2D eigenvalue weighted by Crippen LogP contribution is 2.36. The second-order valence-electron chi connectivity index (χ2n) is 5.42. The summed E-state index contributed by atoms with van der Waals surface area (Å²) in [4.78, 5) is 12.0. The number of ether oxygens (including phenoxy) is 1. The van der Waals surface area contributed by atoms with E-state index in [-0.39, 0.29) is 37.5 Å². The number of halogens is 2. The van der Waals surface area contributed by atoms with Crippen LogP contribution in [0.15, 0.2) is 18.2 Å². The number of hydrogen-bond donors (Lipinski definition) is 2. The summed E-state index contributed by atoms with van der Waals surface area (Å²) in [5.41, 5.74) is 7.14. The van der Waals surface area contributed by atoms with Crippen molar-refractivity contribution in [3.8, 4) is 5.75 Å². The molecule has 0 unspecified atom stereocenters. The minimum Gasteiger partial charge on any atom is -0.495 e. The van der Waals surface area contributed by atoms with Crippen molar-refractivity contribution in [2.75, 3.05) is 12.8 Å². The Balaban J connectivity index is 1.85. The third-order valence-electron chi connectivity index (χ3n) is 3.85. The molecule has 6 heteroatoms. The molecule has 0 aromatic heterocycles. The van der Waals surface area contributed by atoms with Crippen molar-refractivity contribution in [2.24, 2.45) is 5.92 Å². The van der Waals surface area contributed by atoms with Gasteiger partial charge in [0.2, 0.25) is 11.8 Å². The summed E-state index contributed by atoms with van der Waals surface area (Å²) in [6.45, 7) is 0.333. The molecule has 21 heavy (non-hydrogen) atoms. The summed E-state index contributed by atoms with van der Waals surface area (Å²) >= 11 is 0. The van der Waals surface area contributed by atoms with Crippen LogP contribution >= 0.6 is 0 Å². The Morgan fingerprint density at radius 2 is 2.10 bits per heavy atom. The molecule has 0 bridgehead atoms. The number of amides is 1. The van der Waals surface area contributed by atoms with E-state index in [4.69, 9.17) is 10.5 Å². The molecular weight excluding hydrogens is 278 g/mol. The van der Waals surface area contributed by atoms with E-state index in [1.54, 1.807) is 12.1 Å². The lowest BCUT2D eigenvalue weighted by molar-refractivity contribution is -0.129. The third-order valence-corrected chi connectivity index (χ3v) is 3.85. The molecule has 1 saturated carbocycles. The molecule has 1 amide bonds. The van der Waals surface area contributed by atoms with Crippen LogP contribution in [0.5, 0.6) is 5.75 Å². The summed E-state index contributed by atoms with van der Waals surface area (Å²) in [7, 11) is 1.53.